The molecule has 0 bridgehead atoms. The lowest BCUT2D eigenvalue weighted by Crippen LogP contribution is -2.50. The quantitative estimate of drug-likeness (QED) is 0.779. The molecule has 0 aliphatic carbocycles. The second-order valence-corrected chi connectivity index (χ2v) is 9.39. The molecule has 3 aliphatic heterocycles. The normalized spacial score (nSPS) is 22.4. The van der Waals surface area contributed by atoms with Gasteiger partial charge in [-0.2, -0.15) is 0 Å². The first-order valence-corrected chi connectivity index (χ1v) is 11.4. The summed E-state index contributed by atoms with van der Waals surface area (Å²) >= 11 is 0. The molecule has 6 heteroatoms. The summed E-state index contributed by atoms with van der Waals surface area (Å²) in [6.07, 6.45) is 5.37. The van der Waals surface area contributed by atoms with E-state index >= 15 is 0 Å². The van der Waals surface area contributed by atoms with Crippen LogP contribution in [-0.2, 0) is 11.2 Å². The molecule has 2 aromatic carbocycles. The van der Waals surface area contributed by atoms with Crippen molar-refractivity contribution in [3.63, 3.8) is 0 Å². The van der Waals surface area contributed by atoms with Crippen molar-refractivity contribution >= 4 is 23.0 Å². The van der Waals surface area contributed by atoms with Gasteiger partial charge in [0.25, 0.3) is 0 Å². The molecule has 1 unspecified atom stereocenters. The monoisotopic (exact) mass is 422 g/mol. The molecule has 2 saturated heterocycles. The van der Waals surface area contributed by atoms with E-state index in [4.69, 9.17) is 0 Å². The van der Waals surface area contributed by atoms with E-state index in [0.29, 0.717) is 17.5 Å². The van der Waals surface area contributed by atoms with Gasteiger partial charge in [0.05, 0.1) is 0 Å². The van der Waals surface area contributed by atoms with Crippen molar-refractivity contribution in [1.29, 1.82) is 0 Å². The molecule has 1 amide bonds. The van der Waals surface area contributed by atoms with Gasteiger partial charge < -0.3 is 20.4 Å². The number of piperidine rings is 1. The Bertz CT molecular complexity index is 968. The largest absolute Gasteiger partial charge is 0.373 e. The fourth-order valence-corrected chi connectivity index (χ4v) is 5.62. The van der Waals surface area contributed by atoms with Crippen LogP contribution in [0, 0.1) is 12.7 Å². The third-order valence-electron chi connectivity index (χ3n) is 7.63. The first-order chi connectivity index (χ1) is 14.9. The van der Waals surface area contributed by atoms with Crippen LogP contribution < -0.4 is 15.5 Å². The van der Waals surface area contributed by atoms with E-state index in [9.17, 15) is 9.18 Å². The van der Waals surface area contributed by atoms with E-state index in [1.54, 1.807) is 6.07 Å². The van der Waals surface area contributed by atoms with E-state index in [0.717, 1.165) is 35.7 Å². The smallest absolute Gasteiger partial charge is 0.247 e. The number of rotatable bonds is 3. The zero-order chi connectivity index (χ0) is 21.6. The molecule has 164 valence electrons. The first kappa shape index (κ1) is 20.3. The van der Waals surface area contributed by atoms with Crippen LogP contribution in [0.15, 0.2) is 36.4 Å². The van der Waals surface area contributed by atoms with E-state index in [1.807, 2.05) is 19.1 Å². The molecule has 0 radical (unpaired) electrons. The summed E-state index contributed by atoms with van der Waals surface area (Å²) < 4.78 is 14.1. The summed E-state index contributed by atoms with van der Waals surface area (Å²) in [5.74, 6) is -0.376. The van der Waals surface area contributed by atoms with Gasteiger partial charge >= 0.3 is 0 Å². The zero-order valence-electron chi connectivity index (χ0n) is 18.4. The van der Waals surface area contributed by atoms with Gasteiger partial charge in [-0.25, -0.2) is 4.39 Å². The maximum Gasteiger partial charge on any atom is 0.247 e. The van der Waals surface area contributed by atoms with Crippen LogP contribution in [0.5, 0.6) is 0 Å². The Morgan fingerprint density at radius 3 is 2.68 bits per heavy atom. The molecule has 2 aromatic rings. The maximum absolute atomic E-state index is 14.1. The van der Waals surface area contributed by atoms with E-state index in [2.05, 4.69) is 39.6 Å². The minimum absolute atomic E-state index is 0.127. The summed E-state index contributed by atoms with van der Waals surface area (Å²) in [5, 5.41) is 6.24. The SMILES string of the molecule is Cc1ccc(F)c2c1NC(C(=O)Nc1cccc(N3CCC4(CCCN4C)CC3)c1)C2. The van der Waals surface area contributed by atoms with Crippen molar-refractivity contribution in [2.75, 3.05) is 42.2 Å². The molecule has 1 spiro atoms. The maximum atomic E-state index is 14.1. The highest BCUT2D eigenvalue weighted by Gasteiger charge is 2.41. The topological polar surface area (TPSA) is 47.6 Å². The summed E-state index contributed by atoms with van der Waals surface area (Å²) in [6.45, 7) is 5.23. The van der Waals surface area contributed by atoms with Gasteiger partial charge in [-0.1, -0.05) is 12.1 Å². The fourth-order valence-electron chi connectivity index (χ4n) is 5.62. The number of nitrogens with one attached hydrogen (secondary N) is 2. The number of benzene rings is 2. The van der Waals surface area contributed by atoms with Gasteiger partial charge in [-0.3, -0.25) is 4.79 Å². The molecule has 2 fully saturated rings. The average molecular weight is 423 g/mol. The summed E-state index contributed by atoms with van der Waals surface area (Å²) in [7, 11) is 2.27. The lowest BCUT2D eigenvalue weighted by atomic mass is 9.85. The number of anilines is 3. The number of aryl methyl sites for hydroxylation is 1. The van der Waals surface area contributed by atoms with E-state index in [1.165, 1.54) is 38.3 Å². The Kier molecular flexibility index (Phi) is 5.13. The number of carbonyl (C=O) groups is 1. The van der Waals surface area contributed by atoms with Gasteiger partial charge in [0.15, 0.2) is 0 Å². The van der Waals surface area contributed by atoms with Crippen molar-refractivity contribution in [3.05, 3.63) is 53.3 Å². The molecule has 5 nitrogen and oxygen atoms in total. The number of hydrogen-bond donors (Lipinski definition) is 2. The van der Waals surface area contributed by atoms with Crippen LogP contribution in [0.2, 0.25) is 0 Å². The van der Waals surface area contributed by atoms with E-state index in [-0.39, 0.29) is 11.7 Å². The summed E-state index contributed by atoms with van der Waals surface area (Å²) in [6, 6.07) is 10.9. The van der Waals surface area contributed by atoms with Crippen LogP contribution in [0.3, 0.4) is 0 Å². The van der Waals surface area contributed by atoms with E-state index < -0.39 is 6.04 Å². The van der Waals surface area contributed by atoms with Gasteiger partial charge in [-0.05, 0) is 76.0 Å². The Hall–Kier alpha value is -2.60. The summed E-state index contributed by atoms with van der Waals surface area (Å²) in [4.78, 5) is 17.9. The van der Waals surface area contributed by atoms with Crippen molar-refractivity contribution in [1.82, 2.24) is 4.90 Å². The molecule has 3 heterocycles. The number of hydrogen-bond acceptors (Lipinski definition) is 4. The second kappa shape index (κ2) is 7.83. The molecule has 31 heavy (non-hydrogen) atoms. The molecule has 0 saturated carbocycles. The second-order valence-electron chi connectivity index (χ2n) is 9.39. The average Bonchev–Trinajstić information content (AvgIpc) is 3.37. The van der Waals surface area contributed by atoms with Gasteiger partial charge in [0.2, 0.25) is 5.91 Å². The molecule has 2 N–H and O–H groups in total. The lowest BCUT2D eigenvalue weighted by Gasteiger charge is -2.44. The van der Waals surface area contributed by atoms with Crippen LogP contribution in [-0.4, -0.2) is 49.1 Å². The number of halogens is 1. The van der Waals surface area contributed by atoms with Gasteiger partial charge in [0, 0.05) is 47.7 Å². The van der Waals surface area contributed by atoms with Crippen molar-refractivity contribution in [2.24, 2.45) is 0 Å². The van der Waals surface area contributed by atoms with Gasteiger partial charge in [0.1, 0.15) is 11.9 Å². The molecule has 3 aliphatic rings. The molecule has 5 rings (SSSR count). The Morgan fingerprint density at radius 1 is 1.16 bits per heavy atom. The highest BCUT2D eigenvalue weighted by Crippen LogP contribution is 2.38. The van der Waals surface area contributed by atoms with Gasteiger partial charge in [-0.15, -0.1) is 0 Å². The van der Waals surface area contributed by atoms with Crippen molar-refractivity contribution < 1.29 is 9.18 Å². The fraction of sp³-hybridized carbons (Fsp3) is 0.480. The number of likely N-dealkylation sites (tertiary alicyclic amines) is 1. The predicted octanol–water partition coefficient (Wildman–Crippen LogP) is 4.17. The highest BCUT2D eigenvalue weighted by molar-refractivity contribution is 5.98. The highest BCUT2D eigenvalue weighted by atomic mass is 19.1. The number of fused-ring (bicyclic) bond motifs is 1. The minimum Gasteiger partial charge on any atom is -0.373 e. The third kappa shape index (κ3) is 3.67. The molecule has 1 atom stereocenters. The molecule has 0 aromatic heterocycles. The van der Waals surface area contributed by atoms with Crippen LogP contribution in [0.1, 0.15) is 36.8 Å². The number of nitrogens with zero attached hydrogens (tertiary/aromatic N) is 2. The molecular weight excluding hydrogens is 391 g/mol. The lowest BCUT2D eigenvalue weighted by molar-refractivity contribution is -0.116. The van der Waals surface area contributed by atoms with Crippen molar-refractivity contribution in [2.45, 2.75) is 50.6 Å². The Morgan fingerprint density at radius 2 is 1.97 bits per heavy atom. The van der Waals surface area contributed by atoms with Crippen LogP contribution in [0.4, 0.5) is 21.5 Å². The number of carbonyl (C=O) groups excluding carboxylic acids is 1. The zero-order valence-corrected chi connectivity index (χ0v) is 18.4. The van der Waals surface area contributed by atoms with Crippen molar-refractivity contribution in [3.8, 4) is 0 Å². The first-order valence-electron chi connectivity index (χ1n) is 11.4. The minimum atomic E-state index is -0.456. The number of amides is 1. The Labute approximate surface area is 183 Å². The third-order valence-corrected chi connectivity index (χ3v) is 7.63. The van der Waals surface area contributed by atoms with Crippen LogP contribution in [0.25, 0.3) is 0 Å². The Balaban J connectivity index is 1.24. The molecular formula is C25H31FN4O. The summed E-state index contributed by atoms with van der Waals surface area (Å²) in [5.41, 5.74) is 4.65. The predicted molar refractivity (Wildman–Crippen MR) is 123 cm³/mol. The standard InChI is InChI=1S/C25H31FN4O/c1-17-7-8-21(26)20-16-22(28-23(17)20)24(31)27-18-5-3-6-19(15-18)30-13-10-25(11-14-30)9-4-12-29(25)2/h3,5-8,15,22,28H,4,9-14,16H2,1-2H3,(H,27,31). The van der Waals surface area contributed by atoms with Crippen LogP contribution >= 0.6 is 0 Å².